The molecule has 0 amide bonds. The van der Waals surface area contributed by atoms with E-state index in [1.165, 1.54) is 0 Å². The summed E-state index contributed by atoms with van der Waals surface area (Å²) in [6.07, 6.45) is 2.62. The maximum Gasteiger partial charge on any atom is 0.189 e. The van der Waals surface area contributed by atoms with Crippen molar-refractivity contribution < 1.29 is 5.11 Å². The number of piperazine rings is 1. The van der Waals surface area contributed by atoms with E-state index < -0.39 is 0 Å². The molecule has 0 bridgehead atoms. The van der Waals surface area contributed by atoms with Gasteiger partial charge in [0.2, 0.25) is 0 Å². The van der Waals surface area contributed by atoms with Crippen molar-refractivity contribution in [3.8, 4) is 0 Å². The van der Waals surface area contributed by atoms with Gasteiger partial charge >= 0.3 is 0 Å². The first-order chi connectivity index (χ1) is 11.2. The molecule has 1 fully saturated rings. The van der Waals surface area contributed by atoms with Crippen LogP contribution >= 0.6 is 12.2 Å². The first-order valence-corrected chi connectivity index (χ1v) is 8.22. The number of hydrogen-bond acceptors (Lipinski definition) is 6. The lowest BCUT2D eigenvalue weighted by atomic mass is 10.1. The third-order valence-electron chi connectivity index (χ3n) is 4.20. The van der Waals surface area contributed by atoms with Gasteiger partial charge in [-0.25, -0.2) is 0 Å². The molecule has 124 valence electrons. The summed E-state index contributed by atoms with van der Waals surface area (Å²) < 4.78 is 0. The van der Waals surface area contributed by atoms with E-state index in [0.717, 1.165) is 43.1 Å². The Hall–Kier alpha value is -1.77. The van der Waals surface area contributed by atoms with Crippen molar-refractivity contribution in [3.63, 3.8) is 0 Å². The topological polar surface area (TPSA) is 76.0 Å². The van der Waals surface area contributed by atoms with Gasteiger partial charge in [-0.15, -0.1) is 0 Å². The Morgan fingerprint density at radius 3 is 3.26 bits per heavy atom. The lowest BCUT2D eigenvalue weighted by Crippen LogP contribution is -2.55. The van der Waals surface area contributed by atoms with Crippen LogP contribution in [0.2, 0.25) is 0 Å². The number of thiocarbonyl (C=S) groups is 1. The van der Waals surface area contributed by atoms with Crippen LogP contribution in [-0.4, -0.2) is 71.7 Å². The van der Waals surface area contributed by atoms with Gasteiger partial charge in [0, 0.05) is 51.9 Å². The molecule has 3 N–H and O–H groups in total. The summed E-state index contributed by atoms with van der Waals surface area (Å²) in [6.45, 7) is 3.32. The Labute approximate surface area is 141 Å². The molecule has 3 heterocycles. The summed E-state index contributed by atoms with van der Waals surface area (Å²) in [4.78, 5) is 8.67. The molecule has 0 spiro atoms. The second-order valence-electron chi connectivity index (χ2n) is 5.80. The third-order valence-corrected chi connectivity index (χ3v) is 4.55. The molecular weight excluding hydrogens is 312 g/mol. The van der Waals surface area contributed by atoms with E-state index in [-0.39, 0.29) is 12.6 Å². The van der Waals surface area contributed by atoms with Gasteiger partial charge in [-0.3, -0.25) is 10.4 Å². The number of aromatic nitrogens is 1. The largest absolute Gasteiger partial charge is 0.395 e. The number of hydrogen-bond donors (Lipinski definition) is 3. The molecule has 0 saturated carbocycles. The van der Waals surface area contributed by atoms with Crippen LogP contribution < -0.4 is 15.6 Å². The van der Waals surface area contributed by atoms with Crippen molar-refractivity contribution in [2.75, 3.05) is 44.7 Å². The van der Waals surface area contributed by atoms with Gasteiger partial charge in [-0.1, -0.05) is 0 Å². The Kier molecular flexibility index (Phi) is 5.04. The number of nitrogens with one attached hydrogen (secondary N) is 2. The van der Waals surface area contributed by atoms with E-state index in [0.29, 0.717) is 11.7 Å². The van der Waals surface area contributed by atoms with Crippen LogP contribution in [0, 0.1) is 0 Å². The van der Waals surface area contributed by atoms with E-state index in [1.807, 2.05) is 11.0 Å². The summed E-state index contributed by atoms with van der Waals surface area (Å²) >= 11 is 5.43. The molecule has 0 aromatic carbocycles. The molecule has 1 aromatic rings. The second-order valence-corrected chi connectivity index (χ2v) is 6.18. The minimum Gasteiger partial charge on any atom is -0.395 e. The van der Waals surface area contributed by atoms with E-state index in [4.69, 9.17) is 12.2 Å². The van der Waals surface area contributed by atoms with E-state index in [1.54, 1.807) is 6.20 Å². The van der Waals surface area contributed by atoms with Crippen molar-refractivity contribution in [3.05, 3.63) is 24.0 Å². The van der Waals surface area contributed by atoms with Crippen LogP contribution in [0.4, 0.5) is 5.69 Å². The summed E-state index contributed by atoms with van der Waals surface area (Å²) in [5.74, 6) is 0. The van der Waals surface area contributed by atoms with Crippen LogP contribution in [0.25, 0.3) is 0 Å². The van der Waals surface area contributed by atoms with Gasteiger partial charge in [0.05, 0.1) is 18.0 Å². The molecule has 2 aliphatic heterocycles. The molecule has 1 atom stereocenters. The van der Waals surface area contributed by atoms with Crippen molar-refractivity contribution in [2.45, 2.75) is 12.5 Å². The highest BCUT2D eigenvalue weighted by Crippen LogP contribution is 2.23. The highest BCUT2D eigenvalue weighted by atomic mass is 32.1. The van der Waals surface area contributed by atoms with Crippen molar-refractivity contribution >= 4 is 28.7 Å². The fraction of sp³-hybridized carbons (Fsp3) is 0.533. The minimum atomic E-state index is 0.0573. The van der Waals surface area contributed by atoms with Crippen LogP contribution in [0.15, 0.2) is 23.4 Å². The Balaban J connectivity index is 1.68. The number of anilines is 1. The molecule has 8 heteroatoms. The van der Waals surface area contributed by atoms with Crippen LogP contribution in [0.3, 0.4) is 0 Å². The fourth-order valence-corrected chi connectivity index (χ4v) is 3.08. The van der Waals surface area contributed by atoms with Crippen LogP contribution in [-0.2, 0) is 0 Å². The van der Waals surface area contributed by atoms with Gasteiger partial charge in [-0.05, 0) is 24.4 Å². The molecule has 0 radical (unpaired) electrons. The quantitative estimate of drug-likeness (QED) is 0.509. The van der Waals surface area contributed by atoms with Crippen LogP contribution in [0.1, 0.15) is 12.1 Å². The zero-order chi connectivity index (χ0) is 16.2. The molecule has 7 nitrogen and oxygen atoms in total. The molecule has 1 saturated heterocycles. The van der Waals surface area contributed by atoms with Gasteiger partial charge in [0.25, 0.3) is 0 Å². The number of pyridine rings is 1. The molecule has 1 unspecified atom stereocenters. The zero-order valence-electron chi connectivity index (χ0n) is 13.2. The summed E-state index contributed by atoms with van der Waals surface area (Å²) in [7, 11) is 2.06. The smallest absolute Gasteiger partial charge is 0.189 e. The Morgan fingerprint density at radius 1 is 1.57 bits per heavy atom. The van der Waals surface area contributed by atoms with Crippen LogP contribution in [0.5, 0.6) is 0 Å². The third kappa shape index (κ3) is 3.60. The lowest BCUT2D eigenvalue weighted by molar-refractivity contribution is 0.190. The fourth-order valence-electron chi connectivity index (χ4n) is 2.87. The number of nitrogens with zero attached hydrogens (tertiary/aromatic N) is 4. The number of hydrazone groups is 1. The summed E-state index contributed by atoms with van der Waals surface area (Å²) in [5.41, 5.74) is 5.92. The van der Waals surface area contributed by atoms with Gasteiger partial charge in [0.1, 0.15) is 5.69 Å². The predicted molar refractivity (Wildman–Crippen MR) is 94.8 cm³/mol. The number of aliphatic hydroxyl groups excluding tert-OH is 1. The Bertz CT molecular complexity index is 607. The highest BCUT2D eigenvalue weighted by molar-refractivity contribution is 7.80. The van der Waals surface area contributed by atoms with E-state index >= 15 is 0 Å². The highest BCUT2D eigenvalue weighted by Gasteiger charge is 2.22. The predicted octanol–water partition coefficient (Wildman–Crippen LogP) is -0.234. The number of rotatable bonds is 2. The SMILES string of the molecule is CN1CC/C(=N/NC(=S)N2CCNC(CO)C2)c2ncccc21. The normalized spacial score (nSPS) is 22.9. The standard InChI is InChI=1S/C15H22N6OS/c1-20-7-4-12(14-13(20)3-2-5-17-14)18-19-15(23)21-8-6-16-11(9-21)10-22/h2-3,5,11,16,22H,4,6-10H2,1H3,(H,19,23)/b18-12-. The average Bonchev–Trinajstić information content (AvgIpc) is 2.61. The average molecular weight is 334 g/mol. The lowest BCUT2D eigenvalue weighted by Gasteiger charge is -2.34. The minimum absolute atomic E-state index is 0.0573. The number of fused-ring (bicyclic) bond motifs is 1. The van der Waals surface area contributed by atoms with Crippen molar-refractivity contribution in [2.24, 2.45) is 5.10 Å². The molecule has 2 aliphatic rings. The van der Waals surface area contributed by atoms with Crippen molar-refractivity contribution in [1.29, 1.82) is 0 Å². The zero-order valence-corrected chi connectivity index (χ0v) is 14.0. The van der Waals surface area contributed by atoms with Crippen molar-refractivity contribution in [1.82, 2.24) is 20.6 Å². The molecule has 3 rings (SSSR count). The van der Waals surface area contributed by atoms with E-state index in [9.17, 15) is 5.11 Å². The molecule has 23 heavy (non-hydrogen) atoms. The van der Waals surface area contributed by atoms with Gasteiger partial charge in [0.15, 0.2) is 5.11 Å². The molecule has 0 aliphatic carbocycles. The Morgan fingerprint density at radius 2 is 2.43 bits per heavy atom. The summed E-state index contributed by atoms with van der Waals surface area (Å²) in [6, 6.07) is 4.05. The first kappa shape index (κ1) is 16.1. The second kappa shape index (κ2) is 7.20. The maximum atomic E-state index is 9.27. The first-order valence-electron chi connectivity index (χ1n) is 7.81. The van der Waals surface area contributed by atoms with Gasteiger partial charge in [-0.2, -0.15) is 5.10 Å². The van der Waals surface area contributed by atoms with Gasteiger partial charge < -0.3 is 20.2 Å². The summed E-state index contributed by atoms with van der Waals surface area (Å²) in [5, 5.41) is 17.6. The van der Waals surface area contributed by atoms with E-state index in [2.05, 4.69) is 38.8 Å². The molecular formula is C15H22N6OS. The number of aliphatic hydroxyl groups is 1. The molecule has 1 aromatic heterocycles. The monoisotopic (exact) mass is 334 g/mol. The maximum absolute atomic E-state index is 9.27.